The van der Waals surface area contributed by atoms with Crippen LogP contribution in [0.2, 0.25) is 0 Å². The number of carbonyl (C=O) groups excluding carboxylic acids is 1. The van der Waals surface area contributed by atoms with E-state index in [2.05, 4.69) is 0 Å². The monoisotopic (exact) mass is 331 g/mol. The van der Waals surface area contributed by atoms with E-state index in [1.165, 1.54) is 21.5 Å². The van der Waals surface area contributed by atoms with Crippen LogP contribution < -0.4 is 0 Å². The maximum atomic E-state index is 12.9. The Kier molecular flexibility index (Phi) is 3.72. The van der Waals surface area contributed by atoms with Gasteiger partial charge in [0, 0.05) is 22.7 Å². The quantitative estimate of drug-likeness (QED) is 0.687. The number of aromatic nitrogens is 1. The maximum absolute atomic E-state index is 12.9. The fourth-order valence-electron chi connectivity index (χ4n) is 2.35. The number of hydrogen-bond acceptors (Lipinski definition) is 4. The summed E-state index contributed by atoms with van der Waals surface area (Å²) in [5.74, 6) is 0. The van der Waals surface area contributed by atoms with Gasteiger partial charge in [-0.15, -0.1) is 0 Å². The van der Waals surface area contributed by atoms with Crippen molar-refractivity contribution in [3.8, 4) is 11.3 Å². The molecular formula is C16H13NO3S2. The average Bonchev–Trinajstić information content (AvgIpc) is 3.15. The maximum Gasteiger partial charge on any atom is 0.268 e. The Hall–Kier alpha value is -2.18. The van der Waals surface area contributed by atoms with Crippen molar-refractivity contribution in [3.63, 3.8) is 0 Å². The SMILES string of the molecule is Cc1c(C=O)cn(S(=O)(=O)c2ccccc2)c1-c1ccsc1. The van der Waals surface area contributed by atoms with Crippen LogP contribution in [-0.2, 0) is 10.0 Å². The Morgan fingerprint density at radius 3 is 2.45 bits per heavy atom. The lowest BCUT2D eigenvalue weighted by Gasteiger charge is -2.10. The van der Waals surface area contributed by atoms with Crippen molar-refractivity contribution in [2.45, 2.75) is 11.8 Å². The van der Waals surface area contributed by atoms with Crippen LogP contribution in [0.15, 0.2) is 58.3 Å². The first kappa shape index (κ1) is 14.7. The van der Waals surface area contributed by atoms with Crippen molar-refractivity contribution < 1.29 is 13.2 Å². The summed E-state index contributed by atoms with van der Waals surface area (Å²) in [7, 11) is -3.75. The van der Waals surface area contributed by atoms with E-state index in [0.717, 1.165) is 5.56 Å². The Morgan fingerprint density at radius 1 is 1.14 bits per heavy atom. The lowest BCUT2D eigenvalue weighted by Crippen LogP contribution is -2.13. The van der Waals surface area contributed by atoms with Gasteiger partial charge in [0.25, 0.3) is 10.0 Å². The van der Waals surface area contributed by atoms with Crippen molar-refractivity contribution in [2.24, 2.45) is 0 Å². The summed E-state index contributed by atoms with van der Waals surface area (Å²) in [4.78, 5) is 11.4. The summed E-state index contributed by atoms with van der Waals surface area (Å²) >= 11 is 1.48. The second kappa shape index (κ2) is 5.55. The van der Waals surface area contributed by atoms with Crippen molar-refractivity contribution in [1.82, 2.24) is 3.97 Å². The Morgan fingerprint density at radius 2 is 1.86 bits per heavy atom. The molecule has 3 aromatic rings. The van der Waals surface area contributed by atoms with Crippen LogP contribution in [0.5, 0.6) is 0 Å². The zero-order valence-corrected chi connectivity index (χ0v) is 13.4. The fraction of sp³-hybridized carbons (Fsp3) is 0.0625. The van der Waals surface area contributed by atoms with E-state index in [1.807, 2.05) is 16.8 Å². The molecule has 0 unspecified atom stereocenters. The van der Waals surface area contributed by atoms with Gasteiger partial charge in [-0.2, -0.15) is 11.3 Å². The number of nitrogens with zero attached hydrogens (tertiary/aromatic N) is 1. The average molecular weight is 331 g/mol. The number of thiophene rings is 1. The summed E-state index contributed by atoms with van der Waals surface area (Å²) in [6, 6.07) is 10.0. The highest BCUT2D eigenvalue weighted by molar-refractivity contribution is 7.90. The molecule has 2 aromatic heterocycles. The first-order chi connectivity index (χ1) is 10.6. The molecule has 1 aromatic carbocycles. The third-order valence-corrected chi connectivity index (χ3v) is 5.84. The second-order valence-electron chi connectivity index (χ2n) is 4.80. The van der Waals surface area contributed by atoms with Gasteiger partial charge in [0.05, 0.1) is 10.6 Å². The van der Waals surface area contributed by atoms with E-state index < -0.39 is 10.0 Å². The minimum Gasteiger partial charge on any atom is -0.298 e. The van der Waals surface area contributed by atoms with Gasteiger partial charge in [0.2, 0.25) is 0 Å². The third kappa shape index (κ3) is 2.30. The molecule has 0 bridgehead atoms. The number of hydrogen-bond donors (Lipinski definition) is 0. The molecule has 0 spiro atoms. The standard InChI is InChI=1S/C16H13NO3S2/c1-12-14(10-18)9-17(16(12)13-7-8-21-11-13)22(19,20)15-5-3-2-4-6-15/h2-11H,1H3. The van der Waals surface area contributed by atoms with Crippen molar-refractivity contribution >= 4 is 27.6 Å². The molecular weight excluding hydrogens is 318 g/mol. The van der Waals surface area contributed by atoms with E-state index >= 15 is 0 Å². The summed E-state index contributed by atoms with van der Waals surface area (Å²) in [6.45, 7) is 1.76. The first-order valence-corrected chi connectivity index (χ1v) is 8.94. The van der Waals surface area contributed by atoms with Crippen LogP contribution in [0, 0.1) is 6.92 Å². The number of benzene rings is 1. The van der Waals surface area contributed by atoms with Crippen molar-refractivity contribution in [2.75, 3.05) is 0 Å². The third-order valence-electron chi connectivity index (χ3n) is 3.49. The van der Waals surface area contributed by atoms with Crippen LogP contribution in [0.3, 0.4) is 0 Å². The molecule has 4 nitrogen and oxygen atoms in total. The molecule has 0 radical (unpaired) electrons. The van der Waals surface area contributed by atoms with E-state index in [0.29, 0.717) is 23.1 Å². The van der Waals surface area contributed by atoms with Gasteiger partial charge < -0.3 is 0 Å². The molecule has 22 heavy (non-hydrogen) atoms. The van der Waals surface area contributed by atoms with Gasteiger partial charge in [-0.1, -0.05) is 18.2 Å². The van der Waals surface area contributed by atoms with Crippen molar-refractivity contribution in [1.29, 1.82) is 0 Å². The summed E-state index contributed by atoms with van der Waals surface area (Å²) in [5.41, 5.74) is 2.36. The molecule has 3 rings (SSSR count). The number of aldehydes is 1. The fourth-order valence-corrected chi connectivity index (χ4v) is 4.45. The van der Waals surface area contributed by atoms with Crippen LogP contribution in [0.4, 0.5) is 0 Å². The molecule has 0 saturated carbocycles. The van der Waals surface area contributed by atoms with Gasteiger partial charge in [-0.25, -0.2) is 12.4 Å². The van der Waals surface area contributed by atoms with Gasteiger partial charge in [0.15, 0.2) is 6.29 Å². The van der Waals surface area contributed by atoms with Gasteiger partial charge >= 0.3 is 0 Å². The normalized spacial score (nSPS) is 11.5. The predicted octanol–water partition coefficient (Wildman–Crippen LogP) is 3.57. The lowest BCUT2D eigenvalue weighted by atomic mass is 10.1. The van der Waals surface area contributed by atoms with Gasteiger partial charge in [0.1, 0.15) is 0 Å². The molecule has 0 aliphatic rings. The topological polar surface area (TPSA) is 56.1 Å². The second-order valence-corrected chi connectivity index (χ2v) is 7.40. The van der Waals surface area contributed by atoms with Crippen LogP contribution in [0.1, 0.15) is 15.9 Å². The summed E-state index contributed by atoms with van der Waals surface area (Å²) in [6.07, 6.45) is 2.07. The first-order valence-electron chi connectivity index (χ1n) is 6.56. The molecule has 0 fully saturated rings. The lowest BCUT2D eigenvalue weighted by molar-refractivity contribution is 0.112. The Balaban J connectivity index is 2.30. The highest BCUT2D eigenvalue weighted by Gasteiger charge is 2.24. The van der Waals surface area contributed by atoms with Crippen LogP contribution in [-0.4, -0.2) is 18.7 Å². The van der Waals surface area contributed by atoms with Gasteiger partial charge in [-0.3, -0.25) is 4.79 Å². The minimum absolute atomic E-state index is 0.193. The Labute approximate surface area is 132 Å². The zero-order valence-electron chi connectivity index (χ0n) is 11.8. The Bertz CT molecular complexity index is 908. The van der Waals surface area contributed by atoms with Crippen LogP contribution in [0.25, 0.3) is 11.3 Å². The molecule has 112 valence electrons. The van der Waals surface area contributed by atoms with E-state index in [1.54, 1.807) is 37.3 Å². The number of carbonyl (C=O) groups is 1. The summed E-state index contributed by atoms with van der Waals surface area (Å²) in [5, 5.41) is 3.75. The highest BCUT2D eigenvalue weighted by Crippen LogP contribution is 2.31. The van der Waals surface area contributed by atoms with E-state index in [9.17, 15) is 13.2 Å². The molecule has 6 heteroatoms. The highest BCUT2D eigenvalue weighted by atomic mass is 32.2. The predicted molar refractivity (Wildman–Crippen MR) is 86.9 cm³/mol. The van der Waals surface area contributed by atoms with E-state index in [4.69, 9.17) is 0 Å². The minimum atomic E-state index is -3.75. The summed E-state index contributed by atoms with van der Waals surface area (Å²) < 4.78 is 27.0. The number of rotatable bonds is 4. The molecule has 0 amide bonds. The molecule has 2 heterocycles. The largest absolute Gasteiger partial charge is 0.298 e. The molecule has 0 atom stereocenters. The molecule has 0 aliphatic heterocycles. The molecule has 0 N–H and O–H groups in total. The van der Waals surface area contributed by atoms with E-state index in [-0.39, 0.29) is 4.90 Å². The zero-order chi connectivity index (χ0) is 15.7. The van der Waals surface area contributed by atoms with Gasteiger partial charge in [-0.05, 0) is 36.1 Å². The van der Waals surface area contributed by atoms with Crippen LogP contribution >= 0.6 is 11.3 Å². The molecule has 0 saturated heterocycles. The smallest absolute Gasteiger partial charge is 0.268 e. The molecule has 0 aliphatic carbocycles. The van der Waals surface area contributed by atoms with Crippen molar-refractivity contribution in [3.05, 3.63) is 64.5 Å².